The number of anilines is 1. The monoisotopic (exact) mass is 388 g/mol. The van der Waals surface area contributed by atoms with Gasteiger partial charge < -0.3 is 5.32 Å². The van der Waals surface area contributed by atoms with Gasteiger partial charge in [-0.2, -0.15) is 0 Å². The standard InChI is InChI=1S/C13H13BrN2O3S2/c1-8-7-11(20-12(8)14)21(18,19)16-10-6-4-3-5-9(10)13(17)15-2/h3-7,16H,1-2H3,(H,15,17). The first-order valence-electron chi connectivity index (χ1n) is 5.95. The molecule has 1 heterocycles. The number of amides is 1. The summed E-state index contributed by atoms with van der Waals surface area (Å²) in [6, 6.07) is 8.04. The fourth-order valence-electron chi connectivity index (χ4n) is 1.66. The Bertz CT molecular complexity index is 765. The molecule has 5 nitrogen and oxygen atoms in total. The van der Waals surface area contributed by atoms with E-state index >= 15 is 0 Å². The molecule has 0 saturated carbocycles. The first kappa shape index (κ1) is 16.0. The molecular formula is C13H13BrN2O3S2. The van der Waals surface area contributed by atoms with Crippen LogP contribution in [-0.4, -0.2) is 21.4 Å². The number of aryl methyl sites for hydroxylation is 1. The van der Waals surface area contributed by atoms with Crippen molar-refractivity contribution in [3.05, 3.63) is 45.2 Å². The summed E-state index contributed by atoms with van der Waals surface area (Å²) in [4.78, 5) is 11.8. The number of nitrogens with one attached hydrogen (secondary N) is 2. The Morgan fingerprint density at radius 2 is 1.95 bits per heavy atom. The third-order valence-electron chi connectivity index (χ3n) is 2.74. The highest BCUT2D eigenvalue weighted by atomic mass is 79.9. The van der Waals surface area contributed by atoms with Crippen LogP contribution in [-0.2, 0) is 10.0 Å². The van der Waals surface area contributed by atoms with Gasteiger partial charge in [-0.3, -0.25) is 9.52 Å². The van der Waals surface area contributed by atoms with Crippen LogP contribution in [0.4, 0.5) is 5.69 Å². The van der Waals surface area contributed by atoms with Crippen molar-refractivity contribution in [2.75, 3.05) is 11.8 Å². The van der Waals surface area contributed by atoms with Gasteiger partial charge in [-0.1, -0.05) is 12.1 Å². The van der Waals surface area contributed by atoms with E-state index in [-0.39, 0.29) is 21.4 Å². The van der Waals surface area contributed by atoms with E-state index in [0.717, 1.165) is 20.7 Å². The molecule has 0 unspecified atom stereocenters. The van der Waals surface area contributed by atoms with Gasteiger partial charge in [0.2, 0.25) is 0 Å². The van der Waals surface area contributed by atoms with E-state index in [2.05, 4.69) is 26.0 Å². The highest BCUT2D eigenvalue weighted by Crippen LogP contribution is 2.32. The molecule has 21 heavy (non-hydrogen) atoms. The second-order valence-corrected chi connectivity index (χ2v) is 8.53. The normalized spacial score (nSPS) is 11.2. The maximum absolute atomic E-state index is 12.4. The fourth-order valence-corrected chi connectivity index (χ4v) is 4.97. The van der Waals surface area contributed by atoms with Gasteiger partial charge in [0.15, 0.2) is 0 Å². The zero-order valence-electron chi connectivity index (χ0n) is 11.3. The zero-order valence-corrected chi connectivity index (χ0v) is 14.5. The Hall–Kier alpha value is -1.38. The fraction of sp³-hybridized carbons (Fsp3) is 0.154. The summed E-state index contributed by atoms with van der Waals surface area (Å²) in [5.41, 5.74) is 1.37. The van der Waals surface area contributed by atoms with Crippen LogP contribution in [0.5, 0.6) is 0 Å². The summed E-state index contributed by atoms with van der Waals surface area (Å²) < 4.78 is 28.2. The van der Waals surface area contributed by atoms with E-state index in [1.54, 1.807) is 30.3 Å². The van der Waals surface area contributed by atoms with E-state index in [1.807, 2.05) is 6.92 Å². The number of hydrogen-bond acceptors (Lipinski definition) is 4. The van der Waals surface area contributed by atoms with Crippen LogP contribution in [0, 0.1) is 6.92 Å². The topological polar surface area (TPSA) is 75.3 Å². The lowest BCUT2D eigenvalue weighted by Gasteiger charge is -2.10. The maximum Gasteiger partial charge on any atom is 0.271 e. The number of rotatable bonds is 4. The van der Waals surface area contributed by atoms with Crippen molar-refractivity contribution >= 4 is 48.9 Å². The number of para-hydroxylation sites is 1. The highest BCUT2D eigenvalue weighted by molar-refractivity contribution is 9.11. The Morgan fingerprint density at radius 3 is 2.52 bits per heavy atom. The number of sulfonamides is 1. The predicted octanol–water partition coefficient (Wildman–Crippen LogP) is 2.98. The summed E-state index contributed by atoms with van der Waals surface area (Å²) in [6.07, 6.45) is 0. The lowest BCUT2D eigenvalue weighted by atomic mass is 10.2. The minimum atomic E-state index is -3.72. The SMILES string of the molecule is CNC(=O)c1ccccc1NS(=O)(=O)c1cc(C)c(Br)s1. The Labute approximate surface area is 135 Å². The van der Waals surface area contributed by atoms with Gasteiger partial charge in [0.05, 0.1) is 15.0 Å². The van der Waals surface area contributed by atoms with Crippen molar-refractivity contribution in [1.29, 1.82) is 0 Å². The summed E-state index contributed by atoms with van der Waals surface area (Å²) in [5.74, 6) is -0.350. The molecule has 0 radical (unpaired) electrons. The maximum atomic E-state index is 12.4. The molecule has 0 aliphatic heterocycles. The van der Waals surface area contributed by atoms with Crippen molar-refractivity contribution in [2.24, 2.45) is 0 Å². The molecule has 112 valence electrons. The molecular weight excluding hydrogens is 376 g/mol. The van der Waals surface area contributed by atoms with Gasteiger partial charge in [0, 0.05) is 7.05 Å². The molecule has 2 aromatic rings. The van der Waals surface area contributed by atoms with Crippen molar-refractivity contribution in [3.63, 3.8) is 0 Å². The van der Waals surface area contributed by atoms with Crippen LogP contribution in [0.1, 0.15) is 15.9 Å². The molecule has 0 atom stereocenters. The number of halogens is 1. The highest BCUT2D eigenvalue weighted by Gasteiger charge is 2.20. The molecule has 0 saturated heterocycles. The van der Waals surface area contributed by atoms with Crippen LogP contribution >= 0.6 is 27.3 Å². The molecule has 0 aliphatic carbocycles. The van der Waals surface area contributed by atoms with Crippen molar-refractivity contribution in [1.82, 2.24) is 5.32 Å². The zero-order chi connectivity index (χ0) is 15.6. The summed E-state index contributed by atoms with van der Waals surface area (Å²) in [6.45, 7) is 1.82. The summed E-state index contributed by atoms with van der Waals surface area (Å²) in [5, 5.41) is 2.48. The average Bonchev–Trinajstić information content (AvgIpc) is 2.79. The second-order valence-electron chi connectivity index (χ2n) is 4.25. The van der Waals surface area contributed by atoms with Gasteiger partial charge in [-0.05, 0) is 46.6 Å². The molecule has 0 spiro atoms. The smallest absolute Gasteiger partial charge is 0.271 e. The number of carbonyl (C=O) groups excluding carboxylic acids is 1. The predicted molar refractivity (Wildman–Crippen MR) is 87.4 cm³/mol. The number of benzene rings is 1. The van der Waals surface area contributed by atoms with Crippen LogP contribution in [0.15, 0.2) is 38.3 Å². The lowest BCUT2D eigenvalue weighted by molar-refractivity contribution is 0.0964. The first-order valence-corrected chi connectivity index (χ1v) is 9.04. The van der Waals surface area contributed by atoms with Gasteiger partial charge in [-0.25, -0.2) is 8.42 Å². The van der Waals surface area contributed by atoms with E-state index in [9.17, 15) is 13.2 Å². The van der Waals surface area contributed by atoms with Crippen molar-refractivity contribution in [3.8, 4) is 0 Å². The van der Waals surface area contributed by atoms with E-state index < -0.39 is 10.0 Å². The van der Waals surface area contributed by atoms with Crippen LogP contribution < -0.4 is 10.0 Å². The van der Waals surface area contributed by atoms with Crippen LogP contribution in [0.3, 0.4) is 0 Å². The molecule has 1 aromatic carbocycles. The van der Waals surface area contributed by atoms with Crippen LogP contribution in [0.2, 0.25) is 0 Å². The third kappa shape index (κ3) is 3.45. The minimum absolute atomic E-state index is 0.193. The molecule has 0 aliphatic rings. The molecule has 2 rings (SSSR count). The molecule has 2 N–H and O–H groups in total. The third-order valence-corrected chi connectivity index (χ3v) is 6.72. The minimum Gasteiger partial charge on any atom is -0.355 e. The molecule has 1 amide bonds. The van der Waals surface area contributed by atoms with Crippen LogP contribution in [0.25, 0.3) is 0 Å². The Morgan fingerprint density at radius 1 is 1.29 bits per heavy atom. The average molecular weight is 389 g/mol. The number of hydrogen-bond donors (Lipinski definition) is 2. The van der Waals surface area contributed by atoms with Crippen molar-refractivity contribution < 1.29 is 13.2 Å². The molecule has 1 aromatic heterocycles. The van der Waals surface area contributed by atoms with Crippen molar-refractivity contribution in [2.45, 2.75) is 11.1 Å². The van der Waals surface area contributed by atoms with Gasteiger partial charge in [-0.15, -0.1) is 11.3 Å². The molecule has 8 heteroatoms. The molecule has 0 fully saturated rings. The number of thiophene rings is 1. The number of carbonyl (C=O) groups is 1. The Kier molecular flexibility index (Phi) is 4.70. The van der Waals surface area contributed by atoms with Gasteiger partial charge >= 0.3 is 0 Å². The van der Waals surface area contributed by atoms with E-state index in [1.165, 1.54) is 7.05 Å². The quantitative estimate of drug-likeness (QED) is 0.844. The second kappa shape index (κ2) is 6.17. The van der Waals surface area contributed by atoms with E-state index in [0.29, 0.717) is 0 Å². The Balaban J connectivity index is 2.40. The summed E-state index contributed by atoms with van der Waals surface area (Å²) in [7, 11) is -2.23. The van der Waals surface area contributed by atoms with Gasteiger partial charge in [0.25, 0.3) is 15.9 Å². The largest absolute Gasteiger partial charge is 0.355 e. The lowest BCUT2D eigenvalue weighted by Crippen LogP contribution is -2.21. The van der Waals surface area contributed by atoms with Gasteiger partial charge in [0.1, 0.15) is 4.21 Å². The summed E-state index contributed by atoms with van der Waals surface area (Å²) >= 11 is 4.43. The van der Waals surface area contributed by atoms with E-state index in [4.69, 9.17) is 0 Å². The molecule has 0 bridgehead atoms. The first-order chi connectivity index (χ1) is 9.85.